The van der Waals surface area contributed by atoms with Gasteiger partial charge in [0.1, 0.15) is 4.90 Å². The van der Waals surface area contributed by atoms with Crippen molar-refractivity contribution in [3.8, 4) is 0 Å². The monoisotopic (exact) mass is 391 g/mol. The van der Waals surface area contributed by atoms with Crippen LogP contribution < -0.4 is 10.5 Å². The minimum atomic E-state index is -4.01. The predicted molar refractivity (Wildman–Crippen MR) is 82.8 cm³/mol. The number of nitrogens with zero attached hydrogens (tertiary/aromatic N) is 1. The molecule has 0 unspecified atom stereocenters. The second kappa shape index (κ2) is 6.00. The van der Waals surface area contributed by atoms with Crippen LogP contribution in [0.5, 0.6) is 0 Å². The van der Waals surface area contributed by atoms with E-state index in [1.54, 1.807) is 0 Å². The lowest BCUT2D eigenvalue weighted by Crippen LogP contribution is -2.17. The molecule has 112 valence electrons. The van der Waals surface area contributed by atoms with E-state index in [4.69, 9.17) is 5.73 Å². The first-order valence-corrected chi connectivity index (χ1v) is 8.55. The summed E-state index contributed by atoms with van der Waals surface area (Å²) in [7, 11) is -2.84. The third-order valence-electron chi connectivity index (χ3n) is 2.40. The van der Waals surface area contributed by atoms with Crippen molar-refractivity contribution in [3.05, 3.63) is 33.7 Å². The minimum Gasteiger partial charge on any atom is -0.465 e. The molecule has 21 heavy (non-hydrogen) atoms. The fourth-order valence-corrected chi connectivity index (χ4v) is 4.09. The van der Waals surface area contributed by atoms with Crippen molar-refractivity contribution < 1.29 is 17.9 Å². The Morgan fingerprint density at radius 1 is 1.48 bits per heavy atom. The second-order valence-electron chi connectivity index (χ2n) is 3.82. The molecule has 0 spiro atoms. The highest BCUT2D eigenvalue weighted by Gasteiger charge is 2.24. The summed E-state index contributed by atoms with van der Waals surface area (Å²) in [5.41, 5.74) is 5.71. The number of carbonyl (C=O) groups is 1. The number of thiazole rings is 1. The number of hydrogen-bond acceptors (Lipinski definition) is 7. The lowest BCUT2D eigenvalue weighted by molar-refractivity contribution is 0.0596. The van der Waals surface area contributed by atoms with Crippen molar-refractivity contribution in [2.75, 3.05) is 17.6 Å². The van der Waals surface area contributed by atoms with E-state index in [9.17, 15) is 13.2 Å². The zero-order chi connectivity index (χ0) is 15.6. The number of anilines is 2. The molecule has 10 heteroatoms. The Morgan fingerprint density at radius 2 is 2.19 bits per heavy atom. The predicted octanol–water partition coefficient (Wildman–Crippen LogP) is 2.08. The second-order valence-corrected chi connectivity index (χ2v) is 7.88. The molecule has 2 rings (SSSR count). The van der Waals surface area contributed by atoms with Gasteiger partial charge in [-0.2, -0.15) is 0 Å². The van der Waals surface area contributed by atoms with Crippen LogP contribution in [0, 0.1) is 0 Å². The molecule has 1 heterocycles. The number of hydrogen-bond donors (Lipinski definition) is 2. The Kier molecular flexibility index (Phi) is 4.49. The lowest BCUT2D eigenvalue weighted by atomic mass is 10.2. The van der Waals surface area contributed by atoms with Crippen LogP contribution in [0.4, 0.5) is 10.8 Å². The zero-order valence-corrected chi connectivity index (χ0v) is 13.9. The molecule has 0 atom stereocenters. The first kappa shape index (κ1) is 15.7. The van der Waals surface area contributed by atoms with Gasteiger partial charge in [-0.15, -0.1) is 0 Å². The van der Waals surface area contributed by atoms with E-state index in [2.05, 4.69) is 30.4 Å². The van der Waals surface area contributed by atoms with Crippen LogP contribution in [-0.4, -0.2) is 26.5 Å². The van der Waals surface area contributed by atoms with Crippen LogP contribution >= 0.6 is 27.3 Å². The number of sulfonamides is 1. The smallest absolute Gasteiger partial charge is 0.339 e. The summed E-state index contributed by atoms with van der Waals surface area (Å²) < 4.78 is 32.3. The molecular formula is C11H10BrN3O4S2. The normalized spacial score (nSPS) is 11.1. The number of methoxy groups -OCH3 is 1. The summed E-state index contributed by atoms with van der Waals surface area (Å²) in [5, 5.41) is 0.167. The van der Waals surface area contributed by atoms with Crippen LogP contribution in [0.1, 0.15) is 10.4 Å². The highest BCUT2D eigenvalue weighted by Crippen LogP contribution is 2.27. The highest BCUT2D eigenvalue weighted by molar-refractivity contribution is 9.11. The number of esters is 1. The van der Waals surface area contributed by atoms with Crippen molar-refractivity contribution >= 4 is 54.1 Å². The average Bonchev–Trinajstić information content (AvgIpc) is 2.82. The molecule has 0 radical (unpaired) electrons. The summed E-state index contributed by atoms with van der Waals surface area (Å²) in [6, 6.07) is 3.91. The Labute approximate surface area is 133 Å². The number of aromatic nitrogens is 1. The van der Waals surface area contributed by atoms with Crippen molar-refractivity contribution in [3.63, 3.8) is 0 Å². The summed E-state index contributed by atoms with van der Waals surface area (Å²) in [4.78, 5) is 15.3. The molecule has 0 amide bonds. The van der Waals surface area contributed by atoms with E-state index in [1.807, 2.05) is 0 Å². The molecule has 0 aliphatic heterocycles. The first-order valence-electron chi connectivity index (χ1n) is 5.45. The molecule has 0 saturated carbocycles. The first-order chi connectivity index (χ1) is 9.83. The fourth-order valence-electron chi connectivity index (χ4n) is 1.51. The maximum absolute atomic E-state index is 12.4. The highest BCUT2D eigenvalue weighted by atomic mass is 79.9. The number of halogens is 1. The molecule has 1 aromatic heterocycles. The fraction of sp³-hybridized carbons (Fsp3) is 0.0909. The van der Waals surface area contributed by atoms with Gasteiger partial charge in [0.2, 0.25) is 0 Å². The molecule has 7 nitrogen and oxygen atoms in total. The van der Waals surface area contributed by atoms with Gasteiger partial charge in [0.05, 0.1) is 22.7 Å². The summed E-state index contributed by atoms with van der Waals surface area (Å²) in [6.45, 7) is 0. The summed E-state index contributed by atoms with van der Waals surface area (Å²) >= 11 is 4.28. The van der Waals surface area contributed by atoms with Gasteiger partial charge in [-0.05, 0) is 34.1 Å². The van der Waals surface area contributed by atoms with Gasteiger partial charge in [-0.25, -0.2) is 18.2 Å². The van der Waals surface area contributed by atoms with Gasteiger partial charge in [0, 0.05) is 5.69 Å². The number of benzene rings is 1. The van der Waals surface area contributed by atoms with Crippen molar-refractivity contribution in [2.24, 2.45) is 0 Å². The zero-order valence-electron chi connectivity index (χ0n) is 10.7. The maximum atomic E-state index is 12.4. The van der Waals surface area contributed by atoms with Crippen LogP contribution in [0.3, 0.4) is 0 Å². The third-order valence-corrected chi connectivity index (χ3v) is 5.30. The van der Waals surface area contributed by atoms with Gasteiger partial charge in [-0.1, -0.05) is 11.3 Å². The van der Waals surface area contributed by atoms with Crippen LogP contribution in [0.15, 0.2) is 33.1 Å². The van der Waals surface area contributed by atoms with Crippen molar-refractivity contribution in [1.82, 2.24) is 4.98 Å². The van der Waals surface area contributed by atoms with E-state index >= 15 is 0 Å². The van der Waals surface area contributed by atoms with E-state index in [1.165, 1.54) is 31.5 Å². The number of nitrogens with one attached hydrogen (secondary N) is 1. The van der Waals surface area contributed by atoms with E-state index in [0.29, 0.717) is 3.79 Å². The van der Waals surface area contributed by atoms with Gasteiger partial charge >= 0.3 is 5.97 Å². The van der Waals surface area contributed by atoms with Gasteiger partial charge < -0.3 is 10.5 Å². The number of ether oxygens (including phenoxy) is 1. The third kappa shape index (κ3) is 3.52. The van der Waals surface area contributed by atoms with Crippen LogP contribution in [-0.2, 0) is 14.8 Å². The molecule has 0 fully saturated rings. The van der Waals surface area contributed by atoms with Crippen LogP contribution in [0.2, 0.25) is 0 Å². The Balaban J connectivity index is 2.48. The standard InChI is InChI=1S/C11H10BrN3O4S2/c1-19-10(16)7-3-2-6(13)4-8(7)21(17,18)15-11-14-5-9(12)20-11/h2-5H,13H2,1H3,(H,14,15). The largest absolute Gasteiger partial charge is 0.465 e. The average molecular weight is 392 g/mol. The quantitative estimate of drug-likeness (QED) is 0.609. The van der Waals surface area contributed by atoms with E-state index in [-0.39, 0.29) is 21.3 Å². The van der Waals surface area contributed by atoms with E-state index in [0.717, 1.165) is 11.3 Å². The van der Waals surface area contributed by atoms with E-state index < -0.39 is 16.0 Å². The minimum absolute atomic E-state index is 0.102. The van der Waals surface area contributed by atoms with Crippen molar-refractivity contribution in [1.29, 1.82) is 0 Å². The number of nitrogens with two attached hydrogens (primary N) is 1. The molecule has 0 aliphatic carbocycles. The van der Waals surface area contributed by atoms with Crippen molar-refractivity contribution in [2.45, 2.75) is 4.90 Å². The number of nitrogen functional groups attached to an aromatic ring is 1. The summed E-state index contributed by atoms with van der Waals surface area (Å²) in [5.74, 6) is -0.768. The molecule has 2 aromatic rings. The molecular weight excluding hydrogens is 382 g/mol. The van der Waals surface area contributed by atoms with Gasteiger partial charge in [0.25, 0.3) is 10.0 Å². The Bertz CT molecular complexity index is 789. The lowest BCUT2D eigenvalue weighted by Gasteiger charge is -2.10. The van der Waals surface area contributed by atoms with Gasteiger partial charge in [-0.3, -0.25) is 4.72 Å². The molecule has 0 saturated heterocycles. The maximum Gasteiger partial charge on any atom is 0.339 e. The van der Waals surface area contributed by atoms with Crippen LogP contribution in [0.25, 0.3) is 0 Å². The molecule has 1 aromatic carbocycles. The topological polar surface area (TPSA) is 111 Å². The molecule has 3 N–H and O–H groups in total. The summed E-state index contributed by atoms with van der Waals surface area (Å²) in [6.07, 6.45) is 1.46. The molecule has 0 aliphatic rings. The molecule has 0 bridgehead atoms. The Hall–Kier alpha value is -1.65. The SMILES string of the molecule is COC(=O)c1ccc(N)cc1S(=O)(=O)Nc1ncc(Br)s1. The van der Waals surface area contributed by atoms with Gasteiger partial charge in [0.15, 0.2) is 5.13 Å². The number of rotatable bonds is 4. The number of carbonyl (C=O) groups excluding carboxylic acids is 1. The Morgan fingerprint density at radius 3 is 2.76 bits per heavy atom.